The van der Waals surface area contributed by atoms with Crippen molar-refractivity contribution in [3.63, 3.8) is 0 Å². The minimum Gasteiger partial charge on any atom is -0.333 e. The highest BCUT2D eigenvalue weighted by atomic mass is 16.2. The fourth-order valence-electron chi connectivity index (χ4n) is 2.45. The fraction of sp³-hybridized carbons (Fsp3) is 0.412. The van der Waals surface area contributed by atoms with E-state index in [9.17, 15) is 14.4 Å². The molecule has 0 saturated carbocycles. The van der Waals surface area contributed by atoms with Gasteiger partial charge in [0.1, 0.15) is 6.54 Å². The molecule has 1 aromatic carbocycles. The average Bonchev–Trinajstić information content (AvgIpc) is 2.73. The number of amides is 3. The number of anilines is 1. The topological polar surface area (TPSA) is 90.9 Å². The highest BCUT2D eigenvalue weighted by Crippen LogP contribution is 2.10. The molecule has 0 spiro atoms. The number of hydrogen-bond donors (Lipinski definition) is 2. The SMILES string of the molecule is CC(=O)Nc1ccc(/C=N\NC(=O)CN2CCCCCC2=O)cc1. The van der Waals surface area contributed by atoms with Crippen molar-refractivity contribution in [1.29, 1.82) is 0 Å². The number of benzene rings is 1. The van der Waals surface area contributed by atoms with Gasteiger partial charge in [-0.25, -0.2) is 5.43 Å². The lowest BCUT2D eigenvalue weighted by atomic mass is 10.2. The third-order valence-corrected chi connectivity index (χ3v) is 3.64. The van der Waals surface area contributed by atoms with Gasteiger partial charge in [-0.3, -0.25) is 14.4 Å². The van der Waals surface area contributed by atoms with Gasteiger partial charge in [0.2, 0.25) is 11.8 Å². The first-order valence-electron chi connectivity index (χ1n) is 8.02. The molecule has 7 nitrogen and oxygen atoms in total. The van der Waals surface area contributed by atoms with E-state index >= 15 is 0 Å². The van der Waals surface area contributed by atoms with Crippen LogP contribution in [0.3, 0.4) is 0 Å². The average molecular weight is 330 g/mol. The normalized spacial score (nSPS) is 15.2. The van der Waals surface area contributed by atoms with Gasteiger partial charge >= 0.3 is 0 Å². The molecule has 1 heterocycles. The molecule has 2 N–H and O–H groups in total. The molecular formula is C17H22N4O3. The molecule has 1 aromatic rings. The highest BCUT2D eigenvalue weighted by molar-refractivity contribution is 5.90. The van der Waals surface area contributed by atoms with Crippen molar-refractivity contribution in [3.8, 4) is 0 Å². The number of nitrogens with one attached hydrogen (secondary N) is 2. The first-order chi connectivity index (χ1) is 11.5. The summed E-state index contributed by atoms with van der Waals surface area (Å²) in [6.45, 7) is 2.11. The molecule has 0 unspecified atom stereocenters. The summed E-state index contributed by atoms with van der Waals surface area (Å²) in [6, 6.07) is 7.06. The molecule has 7 heteroatoms. The Balaban J connectivity index is 1.81. The monoisotopic (exact) mass is 330 g/mol. The zero-order chi connectivity index (χ0) is 17.4. The number of nitrogens with zero attached hydrogens (tertiary/aromatic N) is 2. The van der Waals surface area contributed by atoms with Crippen LogP contribution >= 0.6 is 0 Å². The molecule has 0 aliphatic carbocycles. The smallest absolute Gasteiger partial charge is 0.259 e. The van der Waals surface area contributed by atoms with Crippen molar-refractivity contribution >= 4 is 29.6 Å². The zero-order valence-corrected chi connectivity index (χ0v) is 13.7. The Morgan fingerprint density at radius 3 is 2.67 bits per heavy atom. The third kappa shape index (κ3) is 5.83. The van der Waals surface area contributed by atoms with Crippen LogP contribution in [-0.4, -0.2) is 41.9 Å². The summed E-state index contributed by atoms with van der Waals surface area (Å²) in [5.41, 5.74) is 3.92. The molecule has 24 heavy (non-hydrogen) atoms. The van der Waals surface area contributed by atoms with Gasteiger partial charge in [0.15, 0.2) is 0 Å². The van der Waals surface area contributed by atoms with Crippen molar-refractivity contribution in [2.24, 2.45) is 5.10 Å². The number of rotatable bonds is 5. The van der Waals surface area contributed by atoms with Crippen LogP contribution in [0.2, 0.25) is 0 Å². The Labute approximate surface area is 141 Å². The Hall–Kier alpha value is -2.70. The number of carbonyl (C=O) groups excluding carboxylic acids is 3. The minimum atomic E-state index is -0.309. The molecule has 1 aliphatic rings. The summed E-state index contributed by atoms with van der Waals surface area (Å²) < 4.78 is 0. The van der Waals surface area contributed by atoms with Gasteiger partial charge in [-0.15, -0.1) is 0 Å². The third-order valence-electron chi connectivity index (χ3n) is 3.64. The molecule has 128 valence electrons. The Morgan fingerprint density at radius 2 is 1.96 bits per heavy atom. The maximum atomic E-state index is 11.9. The fourth-order valence-corrected chi connectivity index (χ4v) is 2.45. The van der Waals surface area contributed by atoms with Crippen LogP contribution in [0.4, 0.5) is 5.69 Å². The zero-order valence-electron chi connectivity index (χ0n) is 13.7. The van der Waals surface area contributed by atoms with E-state index in [1.807, 2.05) is 0 Å². The second kappa shape index (κ2) is 8.81. The number of likely N-dealkylation sites (tertiary alicyclic amines) is 1. The molecule has 0 atom stereocenters. The molecule has 0 radical (unpaired) electrons. The van der Waals surface area contributed by atoms with E-state index in [1.54, 1.807) is 29.2 Å². The van der Waals surface area contributed by atoms with E-state index in [0.717, 1.165) is 24.8 Å². The molecule has 1 fully saturated rings. The molecule has 0 bridgehead atoms. The summed E-state index contributed by atoms with van der Waals surface area (Å²) in [5.74, 6) is -0.414. The van der Waals surface area contributed by atoms with Gasteiger partial charge in [-0.2, -0.15) is 5.10 Å². The van der Waals surface area contributed by atoms with Gasteiger partial charge in [0.25, 0.3) is 5.91 Å². The number of hydrogen-bond acceptors (Lipinski definition) is 4. The van der Waals surface area contributed by atoms with Crippen molar-refractivity contribution in [1.82, 2.24) is 10.3 Å². The van der Waals surface area contributed by atoms with E-state index in [-0.39, 0.29) is 24.3 Å². The molecule has 1 aliphatic heterocycles. The highest BCUT2D eigenvalue weighted by Gasteiger charge is 2.18. The summed E-state index contributed by atoms with van der Waals surface area (Å²) in [7, 11) is 0. The maximum Gasteiger partial charge on any atom is 0.259 e. The predicted octanol–water partition coefficient (Wildman–Crippen LogP) is 1.50. The lowest BCUT2D eigenvalue weighted by Crippen LogP contribution is -2.39. The summed E-state index contributed by atoms with van der Waals surface area (Å²) >= 11 is 0. The van der Waals surface area contributed by atoms with Gasteiger partial charge in [-0.05, 0) is 30.5 Å². The number of carbonyl (C=O) groups is 3. The van der Waals surface area contributed by atoms with Gasteiger partial charge in [0, 0.05) is 25.6 Å². The lowest BCUT2D eigenvalue weighted by molar-refractivity contribution is -0.135. The summed E-state index contributed by atoms with van der Waals surface area (Å²) in [6.07, 6.45) is 4.87. The molecule has 2 rings (SSSR count). The maximum absolute atomic E-state index is 11.9. The second-order valence-corrected chi connectivity index (χ2v) is 5.72. The van der Waals surface area contributed by atoms with Crippen LogP contribution in [0.25, 0.3) is 0 Å². The minimum absolute atomic E-state index is 0.0280. The van der Waals surface area contributed by atoms with Crippen LogP contribution in [0.1, 0.15) is 38.2 Å². The van der Waals surface area contributed by atoms with Gasteiger partial charge < -0.3 is 10.2 Å². The molecule has 3 amide bonds. The molecular weight excluding hydrogens is 308 g/mol. The standard InChI is InChI=1S/C17H22N4O3/c1-13(22)19-15-8-6-14(7-9-15)11-18-20-16(23)12-21-10-4-2-3-5-17(21)24/h6-9,11H,2-5,10,12H2,1H3,(H,19,22)(H,20,23)/b18-11-. The van der Waals surface area contributed by atoms with Crippen molar-refractivity contribution in [2.75, 3.05) is 18.4 Å². The van der Waals surface area contributed by atoms with E-state index in [4.69, 9.17) is 0 Å². The van der Waals surface area contributed by atoms with E-state index in [1.165, 1.54) is 13.1 Å². The Morgan fingerprint density at radius 1 is 1.21 bits per heavy atom. The van der Waals surface area contributed by atoms with Crippen molar-refractivity contribution in [3.05, 3.63) is 29.8 Å². The van der Waals surface area contributed by atoms with Crippen LogP contribution in [0, 0.1) is 0 Å². The molecule has 0 aromatic heterocycles. The van der Waals surface area contributed by atoms with E-state index in [0.29, 0.717) is 18.7 Å². The van der Waals surface area contributed by atoms with Crippen molar-refractivity contribution < 1.29 is 14.4 Å². The number of hydrazone groups is 1. The predicted molar refractivity (Wildman–Crippen MR) is 91.5 cm³/mol. The first kappa shape index (κ1) is 17.7. The largest absolute Gasteiger partial charge is 0.333 e. The summed E-state index contributed by atoms with van der Waals surface area (Å²) in [5, 5.41) is 6.57. The molecule has 1 saturated heterocycles. The lowest BCUT2D eigenvalue weighted by Gasteiger charge is -2.18. The van der Waals surface area contributed by atoms with Crippen LogP contribution in [-0.2, 0) is 14.4 Å². The first-order valence-corrected chi connectivity index (χ1v) is 8.02. The van der Waals surface area contributed by atoms with Gasteiger partial charge in [-0.1, -0.05) is 18.6 Å². The van der Waals surface area contributed by atoms with E-state index < -0.39 is 0 Å². The summed E-state index contributed by atoms with van der Waals surface area (Å²) in [4.78, 5) is 36.2. The quantitative estimate of drug-likeness (QED) is 0.633. The Bertz CT molecular complexity index is 625. The van der Waals surface area contributed by atoms with Gasteiger partial charge in [0.05, 0.1) is 6.21 Å². The van der Waals surface area contributed by atoms with Crippen LogP contribution in [0.5, 0.6) is 0 Å². The second-order valence-electron chi connectivity index (χ2n) is 5.72. The Kier molecular flexibility index (Phi) is 6.48. The van der Waals surface area contributed by atoms with Crippen LogP contribution in [0.15, 0.2) is 29.4 Å². The van der Waals surface area contributed by atoms with Crippen molar-refractivity contribution in [2.45, 2.75) is 32.6 Å². The van der Waals surface area contributed by atoms with Crippen LogP contribution < -0.4 is 10.7 Å². The van der Waals surface area contributed by atoms with E-state index in [2.05, 4.69) is 15.8 Å².